The number of benzene rings is 1. The smallest absolute Gasteiger partial charge is 0.294 e. The summed E-state index contributed by atoms with van der Waals surface area (Å²) in [6.07, 6.45) is 1.48. The molecule has 7 nitrogen and oxygen atoms in total. The number of nitrogens with one attached hydrogen (secondary N) is 2. The number of hydrogen-bond acceptors (Lipinski definition) is 4. The van der Waals surface area contributed by atoms with Gasteiger partial charge >= 0.3 is 0 Å². The quantitative estimate of drug-likeness (QED) is 0.516. The molecule has 0 aliphatic carbocycles. The molecule has 1 fully saturated rings. The Hall–Kier alpha value is -3.42. The second kappa shape index (κ2) is 9.60. The van der Waals surface area contributed by atoms with Gasteiger partial charge in [0.15, 0.2) is 0 Å². The topological polar surface area (TPSA) is 83.4 Å². The Morgan fingerprint density at radius 3 is 2.33 bits per heavy atom. The average molecular weight is 455 g/mol. The van der Waals surface area contributed by atoms with Gasteiger partial charge in [0.2, 0.25) is 0 Å². The van der Waals surface area contributed by atoms with E-state index in [0.29, 0.717) is 28.1 Å². The van der Waals surface area contributed by atoms with Crippen LogP contribution in [0.15, 0.2) is 30.5 Å². The molecule has 33 heavy (non-hydrogen) atoms. The number of hydrogen-bond donors (Lipinski definition) is 2. The standard InChI is InChI=1S/C25H31FN4O3/c1-14(2)30-11-9-18(10-12-30)27-25(33)23(31)22-16(4)21(17(5)29(22)6)24(32)28-19-7-8-20(26)15(3)13-19/h7-8,13,18H,1,9-12H2,2-6H3,(H,27,33)(H,28,32). The fourth-order valence-electron chi connectivity index (χ4n) is 4.31. The van der Waals surface area contributed by atoms with Crippen LogP contribution in [0.3, 0.4) is 0 Å². The minimum Gasteiger partial charge on any atom is -0.375 e. The number of Topliss-reactive ketones (excluding diaryl/α,β-unsaturated/α-hetero) is 1. The van der Waals surface area contributed by atoms with E-state index in [2.05, 4.69) is 22.1 Å². The number of aryl methyl sites for hydroxylation is 1. The van der Waals surface area contributed by atoms with Crippen LogP contribution in [-0.2, 0) is 11.8 Å². The Balaban J connectivity index is 1.76. The summed E-state index contributed by atoms with van der Waals surface area (Å²) in [5, 5.41) is 5.60. The van der Waals surface area contributed by atoms with E-state index in [-0.39, 0.29) is 17.6 Å². The third-order valence-electron chi connectivity index (χ3n) is 6.36. The zero-order chi connectivity index (χ0) is 24.4. The van der Waals surface area contributed by atoms with Crippen LogP contribution >= 0.6 is 0 Å². The molecular weight excluding hydrogens is 423 g/mol. The number of rotatable bonds is 6. The van der Waals surface area contributed by atoms with Gasteiger partial charge in [-0.15, -0.1) is 0 Å². The zero-order valence-corrected chi connectivity index (χ0v) is 19.8. The third-order valence-corrected chi connectivity index (χ3v) is 6.36. The first-order chi connectivity index (χ1) is 15.5. The summed E-state index contributed by atoms with van der Waals surface area (Å²) in [6.45, 7) is 12.5. The van der Waals surface area contributed by atoms with E-state index in [4.69, 9.17) is 0 Å². The van der Waals surface area contributed by atoms with E-state index in [1.165, 1.54) is 12.1 Å². The van der Waals surface area contributed by atoms with Crippen LogP contribution in [0.4, 0.5) is 10.1 Å². The van der Waals surface area contributed by atoms with E-state index >= 15 is 0 Å². The van der Waals surface area contributed by atoms with Crippen LogP contribution in [0.1, 0.15) is 57.4 Å². The lowest BCUT2D eigenvalue weighted by Gasteiger charge is -2.33. The number of nitrogens with zero attached hydrogens (tertiary/aromatic N) is 2. The lowest BCUT2D eigenvalue weighted by Crippen LogP contribution is -2.46. The molecule has 1 aromatic carbocycles. The number of piperidine rings is 1. The van der Waals surface area contributed by atoms with Crippen molar-refractivity contribution in [3.8, 4) is 0 Å². The lowest BCUT2D eigenvalue weighted by atomic mass is 10.0. The van der Waals surface area contributed by atoms with Crippen molar-refractivity contribution in [1.29, 1.82) is 0 Å². The summed E-state index contributed by atoms with van der Waals surface area (Å²) in [4.78, 5) is 40.9. The number of amides is 2. The minimum atomic E-state index is -0.673. The van der Waals surface area contributed by atoms with E-state index in [0.717, 1.165) is 31.6 Å². The van der Waals surface area contributed by atoms with Gasteiger partial charge in [0.25, 0.3) is 17.6 Å². The number of ketones is 1. The van der Waals surface area contributed by atoms with Crippen molar-refractivity contribution in [1.82, 2.24) is 14.8 Å². The average Bonchev–Trinajstić information content (AvgIpc) is 2.98. The zero-order valence-electron chi connectivity index (χ0n) is 19.8. The van der Waals surface area contributed by atoms with Crippen molar-refractivity contribution in [2.45, 2.75) is 46.6 Å². The fraction of sp³-hybridized carbons (Fsp3) is 0.400. The Morgan fingerprint density at radius 1 is 1.12 bits per heavy atom. The predicted octanol–water partition coefficient (Wildman–Crippen LogP) is 3.64. The van der Waals surface area contributed by atoms with Crippen LogP contribution < -0.4 is 10.6 Å². The maximum Gasteiger partial charge on any atom is 0.294 e. The highest BCUT2D eigenvalue weighted by Crippen LogP contribution is 2.24. The summed E-state index contributed by atoms with van der Waals surface area (Å²) in [7, 11) is 1.66. The normalized spacial score (nSPS) is 14.2. The minimum absolute atomic E-state index is 0.0804. The number of halogens is 1. The molecule has 2 aromatic rings. The molecule has 1 aromatic heterocycles. The van der Waals surface area contributed by atoms with Gasteiger partial charge in [-0.2, -0.15) is 0 Å². The molecule has 0 atom stereocenters. The molecule has 176 valence electrons. The van der Waals surface area contributed by atoms with Gasteiger partial charge in [0, 0.05) is 43.3 Å². The van der Waals surface area contributed by atoms with Crippen LogP contribution in [-0.4, -0.2) is 46.2 Å². The van der Waals surface area contributed by atoms with E-state index in [1.807, 2.05) is 6.92 Å². The highest BCUT2D eigenvalue weighted by molar-refractivity contribution is 6.43. The molecule has 0 spiro atoms. The molecule has 2 amide bonds. The molecular formula is C25H31FN4O3. The van der Waals surface area contributed by atoms with Crippen molar-refractivity contribution >= 4 is 23.3 Å². The summed E-state index contributed by atoms with van der Waals surface area (Å²) in [6, 6.07) is 4.23. The molecule has 0 unspecified atom stereocenters. The molecule has 2 heterocycles. The molecule has 2 N–H and O–H groups in total. The Bertz CT molecular complexity index is 1130. The van der Waals surface area contributed by atoms with Gasteiger partial charge in [-0.25, -0.2) is 4.39 Å². The molecule has 0 bridgehead atoms. The number of likely N-dealkylation sites (tertiary alicyclic amines) is 1. The maximum atomic E-state index is 13.5. The van der Waals surface area contributed by atoms with E-state index in [1.54, 1.807) is 38.5 Å². The van der Waals surface area contributed by atoms with Gasteiger partial charge < -0.3 is 20.1 Å². The van der Waals surface area contributed by atoms with Crippen LogP contribution in [0.25, 0.3) is 0 Å². The van der Waals surface area contributed by atoms with Crippen molar-refractivity contribution in [3.63, 3.8) is 0 Å². The summed E-state index contributed by atoms with van der Waals surface area (Å²) < 4.78 is 15.1. The number of allylic oxidation sites excluding steroid dienone is 1. The largest absolute Gasteiger partial charge is 0.375 e. The van der Waals surface area contributed by atoms with Crippen molar-refractivity contribution in [2.75, 3.05) is 18.4 Å². The molecule has 1 aliphatic rings. The van der Waals surface area contributed by atoms with Crippen molar-refractivity contribution in [3.05, 3.63) is 64.4 Å². The van der Waals surface area contributed by atoms with Gasteiger partial charge in [0.1, 0.15) is 5.82 Å². The van der Waals surface area contributed by atoms with Gasteiger partial charge in [-0.05, 0) is 69.9 Å². The molecule has 1 saturated heterocycles. The van der Waals surface area contributed by atoms with Crippen LogP contribution in [0.5, 0.6) is 0 Å². The van der Waals surface area contributed by atoms with Crippen molar-refractivity contribution in [2.24, 2.45) is 7.05 Å². The van der Waals surface area contributed by atoms with E-state index < -0.39 is 17.6 Å². The second-order valence-corrected chi connectivity index (χ2v) is 8.71. The lowest BCUT2D eigenvalue weighted by molar-refractivity contribution is -0.118. The predicted molar refractivity (Wildman–Crippen MR) is 126 cm³/mol. The third kappa shape index (κ3) is 4.99. The van der Waals surface area contributed by atoms with E-state index in [9.17, 15) is 18.8 Å². The number of aromatic nitrogens is 1. The highest BCUT2D eigenvalue weighted by atomic mass is 19.1. The molecule has 3 rings (SSSR count). The summed E-state index contributed by atoms with van der Waals surface area (Å²) in [5.74, 6) is -2.12. The number of carbonyl (C=O) groups excluding carboxylic acids is 3. The monoisotopic (exact) mass is 454 g/mol. The van der Waals surface area contributed by atoms with Crippen LogP contribution in [0, 0.1) is 26.6 Å². The maximum absolute atomic E-state index is 13.5. The first-order valence-corrected chi connectivity index (χ1v) is 11.0. The Kier molecular flexibility index (Phi) is 7.05. The molecule has 0 radical (unpaired) electrons. The number of carbonyl (C=O) groups is 3. The first-order valence-electron chi connectivity index (χ1n) is 11.0. The summed E-state index contributed by atoms with van der Waals surface area (Å²) in [5.41, 5.74) is 3.37. The number of anilines is 1. The first kappa shape index (κ1) is 24.2. The van der Waals surface area contributed by atoms with Crippen molar-refractivity contribution < 1.29 is 18.8 Å². The van der Waals surface area contributed by atoms with Gasteiger partial charge in [0.05, 0.1) is 11.3 Å². The Morgan fingerprint density at radius 2 is 1.76 bits per heavy atom. The molecule has 8 heteroatoms. The second-order valence-electron chi connectivity index (χ2n) is 8.71. The van der Waals surface area contributed by atoms with Gasteiger partial charge in [-0.1, -0.05) is 6.58 Å². The Labute approximate surface area is 193 Å². The van der Waals surface area contributed by atoms with Gasteiger partial charge in [-0.3, -0.25) is 14.4 Å². The fourth-order valence-corrected chi connectivity index (χ4v) is 4.31. The molecule has 0 saturated carbocycles. The summed E-state index contributed by atoms with van der Waals surface area (Å²) >= 11 is 0. The SMILES string of the molecule is C=C(C)N1CCC(NC(=O)C(=O)c2c(C)c(C(=O)Nc3ccc(F)c(C)c3)c(C)n2C)CC1. The molecule has 1 aliphatic heterocycles. The van der Waals surface area contributed by atoms with Crippen LogP contribution in [0.2, 0.25) is 0 Å². The highest BCUT2D eigenvalue weighted by Gasteiger charge is 2.30.